The second-order valence-electron chi connectivity index (χ2n) is 8.81. The van der Waals surface area contributed by atoms with Crippen LogP contribution in [0.2, 0.25) is 5.02 Å². The molecule has 2 heterocycles. The highest BCUT2D eigenvalue weighted by Gasteiger charge is 2.20. The molecule has 1 aromatic rings. The Morgan fingerprint density at radius 1 is 1.13 bits per heavy atom. The third kappa shape index (κ3) is 8.02. The molecule has 0 amide bonds. The fraction of sp³-hybridized carbons (Fsp3) is 0.625. The van der Waals surface area contributed by atoms with Gasteiger partial charge in [0, 0.05) is 76.2 Å². The van der Waals surface area contributed by atoms with Crippen LogP contribution in [0.15, 0.2) is 41.4 Å². The van der Waals surface area contributed by atoms with Crippen LogP contribution in [0, 0.1) is 0 Å². The summed E-state index contributed by atoms with van der Waals surface area (Å²) in [7, 11) is 1.86. The summed E-state index contributed by atoms with van der Waals surface area (Å²) in [6.45, 7) is 15.8. The Hall–Kier alpha value is -1.76. The number of benzene rings is 1. The fourth-order valence-corrected chi connectivity index (χ4v) is 4.60. The average Bonchev–Trinajstić information content (AvgIpc) is 2.77. The summed E-state index contributed by atoms with van der Waals surface area (Å²) in [5.41, 5.74) is 2.48. The molecule has 0 bridgehead atoms. The molecule has 2 aliphatic heterocycles. The Morgan fingerprint density at radius 3 is 2.52 bits per heavy atom. The first-order chi connectivity index (χ1) is 15.0. The first-order valence-corrected chi connectivity index (χ1v) is 12.0. The second kappa shape index (κ2) is 12.3. The van der Waals surface area contributed by atoms with E-state index in [-0.39, 0.29) is 0 Å². The van der Waals surface area contributed by atoms with Gasteiger partial charge in [0.05, 0.1) is 0 Å². The number of anilines is 1. The lowest BCUT2D eigenvalue weighted by atomic mass is 10.0. The van der Waals surface area contributed by atoms with Gasteiger partial charge in [-0.2, -0.15) is 0 Å². The number of nitrogens with zero attached hydrogens (tertiary/aromatic N) is 4. The van der Waals surface area contributed by atoms with Crippen LogP contribution in [0.25, 0.3) is 0 Å². The van der Waals surface area contributed by atoms with Crippen molar-refractivity contribution >= 4 is 23.2 Å². The number of guanidine groups is 1. The van der Waals surface area contributed by atoms with Crippen molar-refractivity contribution in [3.8, 4) is 0 Å². The number of hydrogen-bond donors (Lipinski definition) is 2. The molecule has 2 fully saturated rings. The van der Waals surface area contributed by atoms with Crippen LogP contribution < -0.4 is 15.5 Å². The van der Waals surface area contributed by atoms with Gasteiger partial charge in [-0.3, -0.25) is 14.8 Å². The molecule has 2 N–H and O–H groups in total. The topological polar surface area (TPSA) is 46.1 Å². The molecule has 0 atom stereocenters. The van der Waals surface area contributed by atoms with Gasteiger partial charge < -0.3 is 15.5 Å². The Bertz CT molecular complexity index is 721. The molecule has 0 aromatic heterocycles. The smallest absolute Gasteiger partial charge is 0.191 e. The van der Waals surface area contributed by atoms with Crippen molar-refractivity contribution in [1.29, 1.82) is 0 Å². The van der Waals surface area contributed by atoms with E-state index >= 15 is 0 Å². The summed E-state index contributed by atoms with van der Waals surface area (Å²) in [6.07, 6.45) is 3.44. The summed E-state index contributed by atoms with van der Waals surface area (Å²) in [4.78, 5) is 11.9. The van der Waals surface area contributed by atoms with E-state index in [9.17, 15) is 0 Å². The predicted octanol–water partition coefficient (Wildman–Crippen LogP) is 3.06. The van der Waals surface area contributed by atoms with E-state index in [1.165, 1.54) is 11.3 Å². The zero-order chi connectivity index (χ0) is 22.1. The number of likely N-dealkylation sites (tertiary alicyclic amines) is 1. The quantitative estimate of drug-likeness (QED) is 0.278. The highest BCUT2D eigenvalue weighted by molar-refractivity contribution is 6.30. The van der Waals surface area contributed by atoms with Crippen molar-refractivity contribution in [3.05, 3.63) is 41.4 Å². The molecule has 2 aliphatic rings. The van der Waals surface area contributed by atoms with Gasteiger partial charge in [0.2, 0.25) is 0 Å². The third-order valence-electron chi connectivity index (χ3n) is 6.13. The highest BCUT2D eigenvalue weighted by atomic mass is 35.5. The van der Waals surface area contributed by atoms with Crippen molar-refractivity contribution in [2.24, 2.45) is 4.99 Å². The molecule has 1 aromatic carbocycles. The summed E-state index contributed by atoms with van der Waals surface area (Å²) in [6, 6.07) is 8.68. The highest BCUT2D eigenvalue weighted by Crippen LogP contribution is 2.20. The van der Waals surface area contributed by atoms with E-state index in [0.29, 0.717) is 6.04 Å². The minimum atomic E-state index is 0.507. The van der Waals surface area contributed by atoms with Crippen molar-refractivity contribution in [3.63, 3.8) is 0 Å². The van der Waals surface area contributed by atoms with Crippen LogP contribution in [0.4, 0.5) is 5.69 Å². The Labute approximate surface area is 193 Å². The number of rotatable bonds is 8. The Kier molecular flexibility index (Phi) is 9.50. The van der Waals surface area contributed by atoms with Crippen LogP contribution in [0.1, 0.15) is 26.2 Å². The maximum atomic E-state index is 6.14. The zero-order valence-electron chi connectivity index (χ0n) is 19.2. The number of hydrogen-bond acceptors (Lipinski definition) is 4. The number of piperazine rings is 1. The average molecular weight is 447 g/mol. The largest absolute Gasteiger partial charge is 0.369 e. The molecule has 7 heteroatoms. The van der Waals surface area contributed by atoms with Crippen LogP contribution in [0.3, 0.4) is 0 Å². The molecule has 6 nitrogen and oxygen atoms in total. The number of halogens is 1. The predicted molar refractivity (Wildman–Crippen MR) is 133 cm³/mol. The minimum absolute atomic E-state index is 0.507. The van der Waals surface area contributed by atoms with Gasteiger partial charge in [0.1, 0.15) is 0 Å². The van der Waals surface area contributed by atoms with E-state index in [1.54, 1.807) is 0 Å². The van der Waals surface area contributed by atoms with Crippen LogP contribution in [-0.4, -0.2) is 87.8 Å². The normalized spacial score (nSPS) is 19.5. The van der Waals surface area contributed by atoms with E-state index in [2.05, 4.69) is 56.0 Å². The van der Waals surface area contributed by atoms with Gasteiger partial charge in [0.25, 0.3) is 0 Å². The lowest BCUT2D eigenvalue weighted by Crippen LogP contribution is -2.49. The SMILES string of the molecule is C=C(C)CN1CCC(NC(=NC)NCCCN2CCN(c3cccc(Cl)c3)CC2)CC1. The van der Waals surface area contributed by atoms with Gasteiger partial charge in [0.15, 0.2) is 5.96 Å². The Morgan fingerprint density at radius 2 is 1.87 bits per heavy atom. The van der Waals surface area contributed by atoms with E-state index in [4.69, 9.17) is 11.6 Å². The fourth-order valence-electron chi connectivity index (χ4n) is 4.42. The standard InChI is InChI=1S/C24H39ClN6/c1-20(2)19-30-12-8-22(9-13-30)28-24(26-3)27-10-5-11-29-14-16-31(17-15-29)23-7-4-6-21(25)18-23/h4,6-7,18,22H,1,5,8-17,19H2,2-3H3,(H2,26,27,28). The molecule has 172 valence electrons. The molecule has 0 spiro atoms. The number of aliphatic imine (C=N–C) groups is 1. The van der Waals surface area contributed by atoms with Gasteiger partial charge in [-0.1, -0.05) is 29.8 Å². The van der Waals surface area contributed by atoms with Gasteiger partial charge in [-0.05, 0) is 50.9 Å². The molecule has 3 rings (SSSR count). The second-order valence-corrected chi connectivity index (χ2v) is 9.25. The van der Waals surface area contributed by atoms with E-state index < -0.39 is 0 Å². The van der Waals surface area contributed by atoms with Gasteiger partial charge in [-0.15, -0.1) is 0 Å². The number of nitrogens with one attached hydrogen (secondary N) is 2. The van der Waals surface area contributed by atoms with E-state index in [0.717, 1.165) is 89.1 Å². The van der Waals surface area contributed by atoms with Gasteiger partial charge in [-0.25, -0.2) is 0 Å². The summed E-state index contributed by atoms with van der Waals surface area (Å²) in [5, 5.41) is 7.92. The minimum Gasteiger partial charge on any atom is -0.369 e. The van der Waals surface area contributed by atoms with Crippen LogP contribution >= 0.6 is 11.6 Å². The molecular weight excluding hydrogens is 408 g/mol. The molecule has 2 saturated heterocycles. The van der Waals surface area contributed by atoms with Crippen molar-refractivity contribution in [1.82, 2.24) is 20.4 Å². The number of piperidine rings is 1. The van der Waals surface area contributed by atoms with Crippen LogP contribution in [0.5, 0.6) is 0 Å². The molecule has 0 aliphatic carbocycles. The maximum Gasteiger partial charge on any atom is 0.191 e. The van der Waals surface area contributed by atoms with Gasteiger partial charge >= 0.3 is 0 Å². The van der Waals surface area contributed by atoms with Crippen molar-refractivity contribution < 1.29 is 0 Å². The Balaban J connectivity index is 1.28. The summed E-state index contributed by atoms with van der Waals surface area (Å²) in [5.74, 6) is 0.934. The first-order valence-electron chi connectivity index (χ1n) is 11.6. The van der Waals surface area contributed by atoms with E-state index in [1.807, 2.05) is 19.2 Å². The summed E-state index contributed by atoms with van der Waals surface area (Å²) < 4.78 is 0. The van der Waals surface area contributed by atoms with Crippen molar-refractivity contribution in [2.75, 3.05) is 70.9 Å². The molecule has 0 radical (unpaired) electrons. The molecule has 0 saturated carbocycles. The van der Waals surface area contributed by atoms with Crippen LogP contribution in [-0.2, 0) is 0 Å². The summed E-state index contributed by atoms with van der Waals surface area (Å²) >= 11 is 6.14. The monoisotopic (exact) mass is 446 g/mol. The third-order valence-corrected chi connectivity index (χ3v) is 6.37. The lowest BCUT2D eigenvalue weighted by Gasteiger charge is -2.36. The molecule has 31 heavy (non-hydrogen) atoms. The lowest BCUT2D eigenvalue weighted by molar-refractivity contribution is 0.221. The first kappa shape index (κ1) is 23.9. The maximum absolute atomic E-state index is 6.14. The zero-order valence-corrected chi connectivity index (χ0v) is 20.0. The van der Waals surface area contributed by atoms with Crippen molar-refractivity contribution in [2.45, 2.75) is 32.2 Å². The molecular formula is C24H39ClN6. The molecule has 0 unspecified atom stereocenters.